The van der Waals surface area contributed by atoms with Crippen LogP contribution in [0.15, 0.2) is 24.3 Å². The van der Waals surface area contributed by atoms with Gasteiger partial charge in [-0.05, 0) is 11.8 Å². The van der Waals surface area contributed by atoms with Crippen LogP contribution in [-0.4, -0.2) is 35.4 Å². The lowest BCUT2D eigenvalue weighted by Gasteiger charge is -2.10. The minimum absolute atomic E-state index is 0.0155. The van der Waals surface area contributed by atoms with Crippen LogP contribution in [0.5, 0.6) is 0 Å². The van der Waals surface area contributed by atoms with Gasteiger partial charge in [-0.3, -0.25) is 0 Å². The molecule has 2 atom stereocenters. The van der Waals surface area contributed by atoms with Crippen LogP contribution in [0, 0.1) is 11.8 Å². The molecule has 0 aromatic carbocycles. The Morgan fingerprint density at radius 3 is 1.65 bits per heavy atom. The molecular weight excluding hydrogens is 224 g/mol. The Morgan fingerprint density at radius 1 is 1.00 bits per heavy atom. The van der Waals surface area contributed by atoms with Gasteiger partial charge in [0.2, 0.25) is 0 Å². The fourth-order valence-electron chi connectivity index (χ4n) is 1.04. The zero-order chi connectivity index (χ0) is 13.3. The van der Waals surface area contributed by atoms with Crippen LogP contribution in [0.1, 0.15) is 13.8 Å². The van der Waals surface area contributed by atoms with Crippen molar-refractivity contribution in [3.63, 3.8) is 0 Å². The molecule has 0 heterocycles. The largest absolute Gasteiger partial charge is 0.478 e. The molecule has 0 aliphatic heterocycles. The van der Waals surface area contributed by atoms with Crippen LogP contribution >= 0.6 is 0 Å². The van der Waals surface area contributed by atoms with Crippen molar-refractivity contribution in [1.82, 2.24) is 0 Å². The first kappa shape index (κ1) is 15.4. The van der Waals surface area contributed by atoms with Crippen LogP contribution in [-0.2, 0) is 14.3 Å². The van der Waals surface area contributed by atoms with Crippen LogP contribution in [0.25, 0.3) is 0 Å². The normalized spacial score (nSPS) is 15.2. The van der Waals surface area contributed by atoms with Crippen molar-refractivity contribution in [3.05, 3.63) is 24.3 Å². The molecule has 2 unspecified atom stereocenters. The van der Waals surface area contributed by atoms with Crippen molar-refractivity contribution in [2.45, 2.75) is 13.8 Å². The molecule has 0 radical (unpaired) electrons. The smallest absolute Gasteiger partial charge is 0.327 e. The molecule has 0 fully saturated rings. The third kappa shape index (κ3) is 10.7. The van der Waals surface area contributed by atoms with Crippen LogP contribution in [0.4, 0.5) is 0 Å². The molecule has 0 saturated heterocycles. The molecule has 0 aliphatic carbocycles. The van der Waals surface area contributed by atoms with Crippen molar-refractivity contribution in [3.8, 4) is 0 Å². The summed E-state index contributed by atoms with van der Waals surface area (Å²) in [4.78, 5) is 20.5. The van der Waals surface area contributed by atoms with Crippen molar-refractivity contribution in [2.75, 3.05) is 13.2 Å². The predicted molar refractivity (Wildman–Crippen MR) is 62.7 cm³/mol. The van der Waals surface area contributed by atoms with E-state index in [1.165, 1.54) is 0 Å². The standard InChI is InChI=1S/C12H18O5/c1-9(3-5-11(13)14)7-17-8-10(2)4-6-12(15)16/h3-6,9-10H,7-8H2,1-2H3,(H,13,14)(H,15,16)/b5-3+,6-4+. The third-order valence-electron chi connectivity index (χ3n) is 1.90. The fraction of sp³-hybridized carbons (Fsp3) is 0.500. The molecule has 0 aromatic heterocycles. The highest BCUT2D eigenvalue weighted by Gasteiger charge is 2.02. The number of rotatable bonds is 8. The van der Waals surface area contributed by atoms with Crippen LogP contribution < -0.4 is 0 Å². The molecule has 96 valence electrons. The van der Waals surface area contributed by atoms with Gasteiger partial charge in [-0.2, -0.15) is 0 Å². The summed E-state index contributed by atoms with van der Waals surface area (Å²) in [5.41, 5.74) is 0. The summed E-state index contributed by atoms with van der Waals surface area (Å²) >= 11 is 0. The zero-order valence-corrected chi connectivity index (χ0v) is 10.00. The van der Waals surface area contributed by atoms with Gasteiger partial charge >= 0.3 is 11.9 Å². The van der Waals surface area contributed by atoms with Gasteiger partial charge in [-0.1, -0.05) is 26.0 Å². The van der Waals surface area contributed by atoms with Crippen LogP contribution in [0.3, 0.4) is 0 Å². The summed E-state index contributed by atoms with van der Waals surface area (Å²) in [5, 5.41) is 16.8. The van der Waals surface area contributed by atoms with Gasteiger partial charge in [-0.25, -0.2) is 9.59 Å². The minimum Gasteiger partial charge on any atom is -0.478 e. The summed E-state index contributed by atoms with van der Waals surface area (Å²) in [6.07, 6.45) is 5.28. The summed E-state index contributed by atoms with van der Waals surface area (Å²) in [6, 6.07) is 0. The fourth-order valence-corrected chi connectivity index (χ4v) is 1.04. The molecule has 17 heavy (non-hydrogen) atoms. The topological polar surface area (TPSA) is 83.8 Å². The predicted octanol–water partition coefficient (Wildman–Crippen LogP) is 1.56. The average molecular weight is 242 g/mol. The highest BCUT2D eigenvalue weighted by atomic mass is 16.5. The highest BCUT2D eigenvalue weighted by molar-refractivity contribution is 5.80. The van der Waals surface area contributed by atoms with E-state index in [9.17, 15) is 9.59 Å². The van der Waals surface area contributed by atoms with E-state index in [0.29, 0.717) is 13.2 Å². The Morgan fingerprint density at radius 2 is 1.35 bits per heavy atom. The molecule has 0 bridgehead atoms. The SMILES string of the molecule is CC(/C=C/C(=O)O)COCC(C)/C=C/C(=O)O. The number of carbonyl (C=O) groups is 2. The molecule has 5 nitrogen and oxygen atoms in total. The molecular formula is C12H18O5. The molecule has 5 heteroatoms. The van der Waals surface area contributed by atoms with Gasteiger partial charge in [-0.15, -0.1) is 0 Å². The number of ether oxygens (including phenoxy) is 1. The third-order valence-corrected chi connectivity index (χ3v) is 1.90. The van der Waals surface area contributed by atoms with Gasteiger partial charge in [0, 0.05) is 12.2 Å². The Kier molecular flexibility index (Phi) is 7.71. The maximum absolute atomic E-state index is 10.2. The van der Waals surface area contributed by atoms with E-state index in [1.54, 1.807) is 12.2 Å². The Labute approximate surface area is 100 Å². The summed E-state index contributed by atoms with van der Waals surface area (Å²) in [6.45, 7) is 4.51. The average Bonchev–Trinajstić information content (AvgIpc) is 2.23. The summed E-state index contributed by atoms with van der Waals surface area (Å²) in [5.74, 6) is -1.92. The van der Waals surface area contributed by atoms with Gasteiger partial charge in [0.1, 0.15) is 0 Å². The second kappa shape index (κ2) is 8.52. The van der Waals surface area contributed by atoms with E-state index in [4.69, 9.17) is 14.9 Å². The van der Waals surface area contributed by atoms with Gasteiger partial charge in [0.05, 0.1) is 13.2 Å². The number of carboxylic acid groups (broad SMARTS) is 2. The zero-order valence-electron chi connectivity index (χ0n) is 10.00. The number of aliphatic carboxylic acids is 2. The monoisotopic (exact) mass is 242 g/mol. The van der Waals surface area contributed by atoms with Gasteiger partial charge in [0.15, 0.2) is 0 Å². The summed E-state index contributed by atoms with van der Waals surface area (Å²) < 4.78 is 5.33. The Balaban J connectivity index is 3.76. The first-order chi connectivity index (χ1) is 7.91. The van der Waals surface area contributed by atoms with E-state index >= 15 is 0 Å². The first-order valence-electron chi connectivity index (χ1n) is 5.31. The Hall–Kier alpha value is -1.62. The van der Waals surface area contributed by atoms with E-state index in [1.807, 2.05) is 13.8 Å². The Bertz CT molecular complexity index is 276. The second-order valence-corrected chi connectivity index (χ2v) is 3.89. The van der Waals surface area contributed by atoms with Crippen LogP contribution in [0.2, 0.25) is 0 Å². The van der Waals surface area contributed by atoms with E-state index in [2.05, 4.69) is 0 Å². The van der Waals surface area contributed by atoms with Crippen molar-refractivity contribution >= 4 is 11.9 Å². The second-order valence-electron chi connectivity index (χ2n) is 3.89. The van der Waals surface area contributed by atoms with Crippen molar-refractivity contribution < 1.29 is 24.5 Å². The number of carboxylic acids is 2. The maximum atomic E-state index is 10.2. The molecule has 0 amide bonds. The maximum Gasteiger partial charge on any atom is 0.327 e. The van der Waals surface area contributed by atoms with Crippen molar-refractivity contribution in [1.29, 1.82) is 0 Å². The van der Waals surface area contributed by atoms with E-state index in [0.717, 1.165) is 12.2 Å². The highest BCUT2D eigenvalue weighted by Crippen LogP contribution is 2.02. The van der Waals surface area contributed by atoms with Gasteiger partial charge in [0.25, 0.3) is 0 Å². The molecule has 2 N–H and O–H groups in total. The lowest BCUT2D eigenvalue weighted by molar-refractivity contribution is -0.132. The quantitative estimate of drug-likeness (QED) is 0.631. The number of hydrogen-bond donors (Lipinski definition) is 2. The molecule has 0 saturated carbocycles. The van der Waals surface area contributed by atoms with Gasteiger partial charge < -0.3 is 14.9 Å². The molecule has 0 aromatic rings. The lowest BCUT2D eigenvalue weighted by atomic mass is 10.1. The number of hydrogen-bond acceptors (Lipinski definition) is 3. The van der Waals surface area contributed by atoms with Crippen molar-refractivity contribution in [2.24, 2.45) is 11.8 Å². The lowest BCUT2D eigenvalue weighted by Crippen LogP contribution is -2.09. The minimum atomic E-state index is -0.977. The molecule has 0 aliphatic rings. The molecule has 0 spiro atoms. The van der Waals surface area contributed by atoms with E-state index in [-0.39, 0.29) is 11.8 Å². The van der Waals surface area contributed by atoms with E-state index < -0.39 is 11.9 Å². The summed E-state index contributed by atoms with van der Waals surface area (Å²) in [7, 11) is 0. The first-order valence-corrected chi connectivity index (χ1v) is 5.31. The molecule has 0 rings (SSSR count).